The number of nitrogens with two attached hydrogens (primary N) is 1. The Morgan fingerprint density at radius 3 is 2.71 bits per heavy atom. The molecule has 3 aromatic rings. The number of ether oxygens (including phenoxy) is 1. The van der Waals surface area contributed by atoms with E-state index in [1.165, 1.54) is 0 Å². The Labute approximate surface area is 198 Å². The predicted octanol–water partition coefficient (Wildman–Crippen LogP) is 2.15. The molecular formula is C25H28N6O3. The topological polar surface area (TPSA) is 117 Å². The van der Waals surface area contributed by atoms with Crippen LogP contribution in [0.1, 0.15) is 28.8 Å². The van der Waals surface area contributed by atoms with Crippen LogP contribution in [0.15, 0.2) is 48.8 Å². The minimum absolute atomic E-state index is 0.0274. The molecule has 0 unspecified atom stereocenters. The number of primary amides is 1. The molecule has 9 nitrogen and oxygen atoms in total. The lowest BCUT2D eigenvalue weighted by atomic mass is 10.0. The van der Waals surface area contributed by atoms with E-state index in [0.29, 0.717) is 24.3 Å². The molecule has 3 heterocycles. The lowest BCUT2D eigenvalue weighted by Gasteiger charge is -2.37. The Hall–Kier alpha value is -3.90. The van der Waals surface area contributed by atoms with Crippen LogP contribution in [0, 0.1) is 11.3 Å². The van der Waals surface area contributed by atoms with E-state index in [2.05, 4.69) is 16.0 Å². The summed E-state index contributed by atoms with van der Waals surface area (Å²) in [6.45, 7) is 2.58. The van der Waals surface area contributed by atoms with Crippen LogP contribution in [0.2, 0.25) is 0 Å². The van der Waals surface area contributed by atoms with E-state index in [9.17, 15) is 9.59 Å². The molecule has 9 heteroatoms. The third-order valence-corrected chi connectivity index (χ3v) is 6.37. The second kappa shape index (κ2) is 10.4. The maximum absolute atomic E-state index is 12.6. The van der Waals surface area contributed by atoms with Crippen molar-refractivity contribution in [2.45, 2.75) is 25.4 Å². The molecule has 1 saturated heterocycles. The van der Waals surface area contributed by atoms with Crippen LogP contribution in [0.5, 0.6) is 0 Å². The molecule has 0 spiro atoms. The molecule has 0 bridgehead atoms. The molecule has 1 aromatic carbocycles. The Morgan fingerprint density at radius 1 is 1.24 bits per heavy atom. The number of hydrogen-bond donors (Lipinski definition) is 1. The van der Waals surface area contributed by atoms with Crippen molar-refractivity contribution in [1.29, 1.82) is 5.26 Å². The molecule has 34 heavy (non-hydrogen) atoms. The van der Waals surface area contributed by atoms with Gasteiger partial charge in [-0.3, -0.25) is 9.59 Å². The highest BCUT2D eigenvalue weighted by molar-refractivity contribution is 5.97. The summed E-state index contributed by atoms with van der Waals surface area (Å²) in [5.74, 6) is 0.358. The van der Waals surface area contributed by atoms with Crippen molar-refractivity contribution < 1.29 is 14.3 Å². The first-order valence-electron chi connectivity index (χ1n) is 11.3. The molecule has 2 amide bonds. The largest absolute Gasteiger partial charge is 0.370 e. The Bertz CT molecular complexity index is 1210. The maximum atomic E-state index is 12.6. The lowest BCUT2D eigenvalue weighted by Crippen LogP contribution is -2.46. The van der Waals surface area contributed by atoms with Crippen molar-refractivity contribution >= 4 is 28.5 Å². The smallest absolute Gasteiger partial charge is 0.248 e. The van der Waals surface area contributed by atoms with Gasteiger partial charge >= 0.3 is 0 Å². The van der Waals surface area contributed by atoms with E-state index in [-0.39, 0.29) is 18.6 Å². The first kappa shape index (κ1) is 23.3. The average molecular weight is 461 g/mol. The molecule has 2 aromatic heterocycles. The van der Waals surface area contributed by atoms with Crippen LogP contribution < -0.4 is 10.6 Å². The number of carbonyl (C=O) groups excluding carboxylic acids is 2. The number of aromatic nitrogens is 2. The fourth-order valence-corrected chi connectivity index (χ4v) is 4.28. The van der Waals surface area contributed by atoms with E-state index in [1.807, 2.05) is 36.0 Å². The van der Waals surface area contributed by atoms with Gasteiger partial charge in [0.05, 0.1) is 12.2 Å². The van der Waals surface area contributed by atoms with Gasteiger partial charge in [-0.15, -0.1) is 0 Å². The van der Waals surface area contributed by atoms with Crippen LogP contribution in [0.3, 0.4) is 0 Å². The van der Waals surface area contributed by atoms with E-state index < -0.39 is 5.91 Å². The fraction of sp³-hybridized carbons (Fsp3) is 0.360. The molecular weight excluding hydrogens is 432 g/mol. The second-order valence-corrected chi connectivity index (χ2v) is 8.44. The van der Waals surface area contributed by atoms with Crippen molar-refractivity contribution in [3.63, 3.8) is 0 Å². The number of benzene rings is 1. The first-order valence-corrected chi connectivity index (χ1v) is 11.3. The van der Waals surface area contributed by atoms with Gasteiger partial charge in [0.25, 0.3) is 0 Å². The number of piperidine rings is 1. The number of rotatable bonds is 8. The molecule has 0 aliphatic carbocycles. The third kappa shape index (κ3) is 5.18. The Morgan fingerprint density at radius 2 is 2.03 bits per heavy atom. The summed E-state index contributed by atoms with van der Waals surface area (Å²) < 4.78 is 7.66. The zero-order chi connectivity index (χ0) is 24.1. The minimum atomic E-state index is -0.460. The van der Waals surface area contributed by atoms with Gasteiger partial charge < -0.3 is 24.8 Å². The number of amides is 2. The molecule has 176 valence electrons. The zero-order valence-electron chi connectivity index (χ0n) is 19.2. The monoisotopic (exact) mass is 460 g/mol. The normalized spacial score (nSPS) is 14.2. The van der Waals surface area contributed by atoms with Gasteiger partial charge in [-0.05, 0) is 48.6 Å². The van der Waals surface area contributed by atoms with E-state index in [4.69, 9.17) is 15.7 Å². The summed E-state index contributed by atoms with van der Waals surface area (Å²) in [7, 11) is 1.83. The molecule has 0 radical (unpaired) electrons. The fourth-order valence-electron chi connectivity index (χ4n) is 4.28. The number of carbonyl (C=O) groups is 2. The Kier molecular flexibility index (Phi) is 7.09. The van der Waals surface area contributed by atoms with Crippen molar-refractivity contribution in [3.8, 4) is 6.07 Å². The second-order valence-electron chi connectivity index (χ2n) is 8.44. The SMILES string of the molecule is CN(C(=O)COCCn1ccc2ccc(C(N)=O)cc21)C1CCN(c2ccc(C#N)cn2)CC1. The summed E-state index contributed by atoms with van der Waals surface area (Å²) in [6.07, 6.45) is 5.22. The number of pyridine rings is 1. The summed E-state index contributed by atoms with van der Waals surface area (Å²) >= 11 is 0. The van der Waals surface area contributed by atoms with Gasteiger partial charge in [0.1, 0.15) is 18.5 Å². The van der Waals surface area contributed by atoms with E-state index in [0.717, 1.165) is 42.7 Å². The van der Waals surface area contributed by atoms with E-state index >= 15 is 0 Å². The third-order valence-electron chi connectivity index (χ3n) is 6.37. The highest BCUT2D eigenvalue weighted by Gasteiger charge is 2.26. The predicted molar refractivity (Wildman–Crippen MR) is 128 cm³/mol. The number of nitriles is 1. The van der Waals surface area contributed by atoms with E-state index in [1.54, 1.807) is 29.3 Å². The van der Waals surface area contributed by atoms with Gasteiger partial charge in [0.2, 0.25) is 11.8 Å². The number of anilines is 1. The first-order chi connectivity index (χ1) is 16.5. The molecule has 1 aliphatic heterocycles. The molecule has 4 rings (SSSR count). The molecule has 1 aliphatic rings. The zero-order valence-corrected chi connectivity index (χ0v) is 19.2. The summed E-state index contributed by atoms with van der Waals surface area (Å²) in [5, 5.41) is 9.93. The summed E-state index contributed by atoms with van der Waals surface area (Å²) in [4.78, 5) is 32.4. The number of nitrogens with zero attached hydrogens (tertiary/aromatic N) is 5. The molecule has 1 fully saturated rings. The van der Waals surface area contributed by atoms with Crippen LogP contribution in [0.25, 0.3) is 10.9 Å². The van der Waals surface area contributed by atoms with Crippen molar-refractivity contribution in [3.05, 3.63) is 59.9 Å². The summed E-state index contributed by atoms with van der Waals surface area (Å²) in [5.41, 5.74) is 7.30. The minimum Gasteiger partial charge on any atom is -0.370 e. The number of fused-ring (bicyclic) bond motifs is 1. The standard InChI is InChI=1S/C25H28N6O3/c1-29(21-7-10-31(11-8-21)23-5-2-18(15-26)16-28-23)24(32)17-34-13-12-30-9-6-19-3-4-20(25(27)33)14-22(19)30/h2-6,9,14,16,21H,7-8,10-13,17H2,1H3,(H2,27,33). The average Bonchev–Trinajstić information content (AvgIpc) is 3.28. The van der Waals surface area contributed by atoms with Gasteiger partial charge in [-0.2, -0.15) is 5.26 Å². The highest BCUT2D eigenvalue weighted by atomic mass is 16.5. The summed E-state index contributed by atoms with van der Waals surface area (Å²) in [6, 6.07) is 13.2. The molecule has 0 atom stereocenters. The van der Waals surface area contributed by atoms with Gasteiger partial charge in [0.15, 0.2) is 0 Å². The lowest BCUT2D eigenvalue weighted by molar-refractivity contribution is -0.137. The van der Waals surface area contributed by atoms with Crippen LogP contribution in [-0.2, 0) is 16.1 Å². The van der Waals surface area contributed by atoms with Crippen LogP contribution >= 0.6 is 0 Å². The van der Waals surface area contributed by atoms with Gasteiger partial charge in [-0.25, -0.2) is 4.98 Å². The number of likely N-dealkylation sites (N-methyl/N-ethyl adjacent to an activating group) is 1. The van der Waals surface area contributed by atoms with Crippen LogP contribution in [0.4, 0.5) is 5.82 Å². The molecule has 2 N–H and O–H groups in total. The van der Waals surface area contributed by atoms with Crippen molar-refractivity contribution in [2.24, 2.45) is 5.73 Å². The highest BCUT2D eigenvalue weighted by Crippen LogP contribution is 2.21. The number of hydrogen-bond acceptors (Lipinski definition) is 6. The molecule has 0 saturated carbocycles. The van der Waals surface area contributed by atoms with Gasteiger partial charge in [-0.1, -0.05) is 6.07 Å². The quantitative estimate of drug-likeness (QED) is 0.515. The van der Waals surface area contributed by atoms with Crippen molar-refractivity contribution in [1.82, 2.24) is 14.5 Å². The Balaban J connectivity index is 1.22. The van der Waals surface area contributed by atoms with Crippen LogP contribution in [-0.4, -0.2) is 65.7 Å². The van der Waals surface area contributed by atoms with Gasteiger partial charge in [0, 0.05) is 56.2 Å². The maximum Gasteiger partial charge on any atom is 0.248 e. The van der Waals surface area contributed by atoms with Crippen molar-refractivity contribution in [2.75, 3.05) is 38.3 Å².